The monoisotopic (exact) mass is 470 g/mol. The molecule has 8 heteroatoms. The van der Waals surface area contributed by atoms with Gasteiger partial charge in [-0.05, 0) is 42.7 Å². The molecule has 1 saturated heterocycles. The van der Waals surface area contributed by atoms with Crippen LogP contribution < -0.4 is 18.9 Å². The topological polar surface area (TPSA) is 77.5 Å². The van der Waals surface area contributed by atoms with Crippen LogP contribution in [0.1, 0.15) is 41.0 Å². The normalized spacial score (nSPS) is 13.6. The minimum Gasteiger partial charge on any atom is -0.497 e. The van der Waals surface area contributed by atoms with E-state index in [1.54, 1.807) is 67.5 Å². The first-order chi connectivity index (χ1) is 16.4. The van der Waals surface area contributed by atoms with Gasteiger partial charge in [0.25, 0.3) is 11.8 Å². The van der Waals surface area contributed by atoms with E-state index in [1.807, 2.05) is 0 Å². The van der Waals surface area contributed by atoms with E-state index in [-0.39, 0.29) is 11.8 Å². The molecule has 1 heterocycles. The lowest BCUT2D eigenvalue weighted by molar-refractivity contribution is 0.0535. The first-order valence-electron chi connectivity index (χ1n) is 11.5. The molecule has 3 rings (SSSR count). The fraction of sp³-hybridized carbons (Fsp3) is 0.462. The lowest BCUT2D eigenvalue weighted by Gasteiger charge is -2.35. The summed E-state index contributed by atoms with van der Waals surface area (Å²) in [6, 6.07) is 10.4. The second-order valence-electron chi connectivity index (χ2n) is 8.58. The molecule has 0 unspecified atom stereocenters. The van der Waals surface area contributed by atoms with Crippen molar-refractivity contribution in [1.29, 1.82) is 0 Å². The molecule has 2 aromatic rings. The number of hydrogen-bond acceptors (Lipinski definition) is 6. The van der Waals surface area contributed by atoms with Crippen molar-refractivity contribution in [1.82, 2.24) is 9.80 Å². The molecule has 0 saturated carbocycles. The van der Waals surface area contributed by atoms with Crippen LogP contribution in [0, 0.1) is 5.92 Å². The Morgan fingerprint density at radius 3 is 1.82 bits per heavy atom. The predicted octanol–water partition coefficient (Wildman–Crippen LogP) is 3.74. The van der Waals surface area contributed by atoms with Crippen molar-refractivity contribution < 1.29 is 28.5 Å². The summed E-state index contributed by atoms with van der Waals surface area (Å²) in [7, 11) is 4.66. The van der Waals surface area contributed by atoms with E-state index >= 15 is 0 Å². The largest absolute Gasteiger partial charge is 0.497 e. The number of hydrogen-bond donors (Lipinski definition) is 0. The number of benzene rings is 2. The molecule has 2 aromatic carbocycles. The van der Waals surface area contributed by atoms with E-state index in [2.05, 4.69) is 13.8 Å². The average molecular weight is 471 g/mol. The van der Waals surface area contributed by atoms with E-state index in [1.165, 1.54) is 0 Å². The molecule has 34 heavy (non-hydrogen) atoms. The highest BCUT2D eigenvalue weighted by Gasteiger charge is 2.26. The summed E-state index contributed by atoms with van der Waals surface area (Å²) in [5.74, 6) is 2.61. The van der Waals surface area contributed by atoms with E-state index < -0.39 is 0 Å². The first-order valence-corrected chi connectivity index (χ1v) is 11.5. The molecule has 2 amide bonds. The number of carbonyl (C=O) groups excluding carboxylic acids is 2. The van der Waals surface area contributed by atoms with Gasteiger partial charge in [0, 0.05) is 43.4 Å². The second-order valence-corrected chi connectivity index (χ2v) is 8.58. The molecule has 0 radical (unpaired) electrons. The molecule has 0 N–H and O–H groups in total. The molecule has 0 atom stereocenters. The van der Waals surface area contributed by atoms with Crippen LogP contribution in [-0.4, -0.2) is 75.7 Å². The van der Waals surface area contributed by atoms with Gasteiger partial charge in [0.15, 0.2) is 11.5 Å². The highest BCUT2D eigenvalue weighted by atomic mass is 16.5. The minimum atomic E-state index is -0.117. The van der Waals surface area contributed by atoms with E-state index in [0.29, 0.717) is 72.8 Å². The fourth-order valence-electron chi connectivity index (χ4n) is 3.73. The Balaban J connectivity index is 1.62. The van der Waals surface area contributed by atoms with Gasteiger partial charge in [0.2, 0.25) is 0 Å². The molecular formula is C26H34N2O6. The summed E-state index contributed by atoms with van der Waals surface area (Å²) >= 11 is 0. The fourth-order valence-corrected chi connectivity index (χ4v) is 3.73. The zero-order valence-electron chi connectivity index (χ0n) is 20.6. The Bertz CT molecular complexity index is 977. The molecule has 0 aromatic heterocycles. The van der Waals surface area contributed by atoms with Crippen LogP contribution in [0.5, 0.6) is 23.0 Å². The third kappa shape index (κ3) is 6.12. The maximum absolute atomic E-state index is 13.1. The number of amides is 2. The van der Waals surface area contributed by atoms with Gasteiger partial charge in [0.1, 0.15) is 11.5 Å². The third-order valence-corrected chi connectivity index (χ3v) is 5.82. The lowest BCUT2D eigenvalue weighted by Crippen LogP contribution is -2.50. The molecule has 184 valence electrons. The Kier molecular flexibility index (Phi) is 8.62. The maximum atomic E-state index is 13.1. The van der Waals surface area contributed by atoms with E-state index in [9.17, 15) is 9.59 Å². The summed E-state index contributed by atoms with van der Waals surface area (Å²) in [6.45, 7) is 6.65. The van der Waals surface area contributed by atoms with Crippen LogP contribution >= 0.6 is 0 Å². The van der Waals surface area contributed by atoms with Gasteiger partial charge in [0.05, 0.1) is 27.9 Å². The zero-order chi connectivity index (χ0) is 24.7. The van der Waals surface area contributed by atoms with Crippen molar-refractivity contribution >= 4 is 11.8 Å². The van der Waals surface area contributed by atoms with Crippen molar-refractivity contribution in [2.45, 2.75) is 20.3 Å². The van der Waals surface area contributed by atoms with Crippen LogP contribution in [0.2, 0.25) is 0 Å². The van der Waals surface area contributed by atoms with Gasteiger partial charge < -0.3 is 28.7 Å². The molecule has 8 nitrogen and oxygen atoms in total. The molecule has 1 aliphatic heterocycles. The highest BCUT2D eigenvalue weighted by molar-refractivity contribution is 5.96. The summed E-state index contributed by atoms with van der Waals surface area (Å²) in [5, 5.41) is 0. The van der Waals surface area contributed by atoms with Gasteiger partial charge in [-0.15, -0.1) is 0 Å². The quantitative estimate of drug-likeness (QED) is 0.556. The molecule has 0 spiro atoms. The minimum absolute atomic E-state index is 0.0952. The Morgan fingerprint density at radius 1 is 0.765 bits per heavy atom. The van der Waals surface area contributed by atoms with Crippen LogP contribution in [0.3, 0.4) is 0 Å². The van der Waals surface area contributed by atoms with Crippen LogP contribution in [-0.2, 0) is 0 Å². The standard InChI is InChI=1S/C26H34N2O6/c1-18(2)8-13-34-23-7-6-19(16-24(23)33-5)25(29)27-9-11-28(12-10-27)26(30)20-14-21(31-3)17-22(15-20)32-4/h6-7,14-18H,8-13H2,1-5H3. The molecule has 1 fully saturated rings. The van der Waals surface area contributed by atoms with Crippen molar-refractivity contribution in [3.8, 4) is 23.0 Å². The highest BCUT2D eigenvalue weighted by Crippen LogP contribution is 2.29. The number of carbonyl (C=O) groups is 2. The van der Waals surface area contributed by atoms with Gasteiger partial charge in [-0.3, -0.25) is 9.59 Å². The van der Waals surface area contributed by atoms with Gasteiger partial charge in [-0.1, -0.05) is 13.8 Å². The Hall–Kier alpha value is -3.42. The average Bonchev–Trinajstić information content (AvgIpc) is 2.87. The SMILES string of the molecule is COc1cc(OC)cc(C(=O)N2CCN(C(=O)c3ccc(OCCC(C)C)c(OC)c3)CC2)c1. The van der Waals surface area contributed by atoms with Gasteiger partial charge in [-0.25, -0.2) is 0 Å². The van der Waals surface area contributed by atoms with Gasteiger partial charge in [-0.2, -0.15) is 0 Å². The van der Waals surface area contributed by atoms with Crippen molar-refractivity contribution in [3.05, 3.63) is 47.5 Å². The molecule has 0 aliphatic carbocycles. The summed E-state index contributed by atoms with van der Waals surface area (Å²) < 4.78 is 21.8. The van der Waals surface area contributed by atoms with Gasteiger partial charge >= 0.3 is 0 Å². The van der Waals surface area contributed by atoms with E-state index in [4.69, 9.17) is 18.9 Å². The number of methoxy groups -OCH3 is 3. The number of rotatable bonds is 9. The molecule has 1 aliphatic rings. The Labute approximate surface area is 201 Å². The van der Waals surface area contributed by atoms with Crippen LogP contribution in [0.15, 0.2) is 36.4 Å². The second kappa shape index (κ2) is 11.6. The number of nitrogens with zero attached hydrogens (tertiary/aromatic N) is 2. The zero-order valence-corrected chi connectivity index (χ0v) is 20.6. The van der Waals surface area contributed by atoms with Crippen LogP contribution in [0.25, 0.3) is 0 Å². The smallest absolute Gasteiger partial charge is 0.254 e. The maximum Gasteiger partial charge on any atom is 0.254 e. The molecule has 0 bridgehead atoms. The Morgan fingerprint density at radius 2 is 1.32 bits per heavy atom. The number of ether oxygens (including phenoxy) is 4. The van der Waals surface area contributed by atoms with E-state index in [0.717, 1.165) is 6.42 Å². The lowest BCUT2D eigenvalue weighted by atomic mass is 10.1. The van der Waals surface area contributed by atoms with Crippen molar-refractivity contribution in [2.75, 3.05) is 54.1 Å². The molecular weight excluding hydrogens is 436 g/mol. The number of piperazine rings is 1. The third-order valence-electron chi connectivity index (χ3n) is 5.82. The van der Waals surface area contributed by atoms with Crippen molar-refractivity contribution in [3.63, 3.8) is 0 Å². The summed E-state index contributed by atoms with van der Waals surface area (Å²) in [4.78, 5) is 29.6. The predicted molar refractivity (Wildman–Crippen MR) is 129 cm³/mol. The summed E-state index contributed by atoms with van der Waals surface area (Å²) in [6.07, 6.45) is 0.940. The summed E-state index contributed by atoms with van der Waals surface area (Å²) in [5.41, 5.74) is 1.03. The van der Waals surface area contributed by atoms with Crippen molar-refractivity contribution in [2.24, 2.45) is 5.92 Å². The van der Waals surface area contributed by atoms with Crippen LogP contribution in [0.4, 0.5) is 0 Å². The first kappa shape index (κ1) is 25.2.